The summed E-state index contributed by atoms with van der Waals surface area (Å²) in [7, 11) is 4.66. The van der Waals surface area contributed by atoms with Gasteiger partial charge in [-0.15, -0.1) is 0 Å². The number of rotatable bonds is 7. The maximum atomic E-state index is 12.3. The molecule has 0 aliphatic heterocycles. The normalized spacial score (nSPS) is 11.0. The van der Waals surface area contributed by atoms with Crippen molar-refractivity contribution in [1.82, 2.24) is 4.90 Å². The number of ether oxygens (including phenoxy) is 1. The standard InChI is InChI=1S/C16H20N2O5/c1-5-6-15(19)13(10-17(2)3)12-8-7-11(16(20)23-4)9-14(12)18(21)22/h7-10H,5-6H2,1-4H3. The first-order chi connectivity index (χ1) is 10.8. The molecule has 0 unspecified atom stereocenters. The van der Waals surface area contributed by atoms with Crippen LogP contribution in [-0.4, -0.2) is 42.8 Å². The summed E-state index contributed by atoms with van der Waals surface area (Å²) in [6.07, 6.45) is 2.48. The number of methoxy groups -OCH3 is 1. The largest absolute Gasteiger partial charge is 0.465 e. The van der Waals surface area contributed by atoms with Crippen molar-refractivity contribution in [3.05, 3.63) is 45.6 Å². The Morgan fingerprint density at radius 2 is 2.00 bits per heavy atom. The fourth-order valence-corrected chi connectivity index (χ4v) is 2.07. The fraction of sp³-hybridized carbons (Fsp3) is 0.375. The van der Waals surface area contributed by atoms with Crippen molar-refractivity contribution in [3.8, 4) is 0 Å². The molecule has 23 heavy (non-hydrogen) atoms. The summed E-state index contributed by atoms with van der Waals surface area (Å²) >= 11 is 0. The summed E-state index contributed by atoms with van der Waals surface area (Å²) in [6.45, 7) is 1.86. The third-order valence-electron chi connectivity index (χ3n) is 3.07. The van der Waals surface area contributed by atoms with E-state index in [2.05, 4.69) is 4.74 Å². The number of hydrogen-bond acceptors (Lipinski definition) is 6. The van der Waals surface area contributed by atoms with Gasteiger partial charge in [0.2, 0.25) is 0 Å². The lowest BCUT2D eigenvalue weighted by Crippen LogP contribution is -2.11. The van der Waals surface area contributed by atoms with Crippen molar-refractivity contribution in [2.45, 2.75) is 19.8 Å². The highest BCUT2D eigenvalue weighted by atomic mass is 16.6. The molecule has 1 aromatic carbocycles. The number of hydrogen-bond donors (Lipinski definition) is 0. The summed E-state index contributed by atoms with van der Waals surface area (Å²) in [5.74, 6) is -0.854. The van der Waals surface area contributed by atoms with Gasteiger partial charge in [-0.3, -0.25) is 14.9 Å². The molecule has 0 atom stereocenters. The van der Waals surface area contributed by atoms with Crippen LogP contribution in [0.3, 0.4) is 0 Å². The minimum Gasteiger partial charge on any atom is -0.465 e. The van der Waals surface area contributed by atoms with Crippen molar-refractivity contribution >= 4 is 23.0 Å². The van der Waals surface area contributed by atoms with Crippen LogP contribution < -0.4 is 0 Å². The average molecular weight is 320 g/mol. The first-order valence-electron chi connectivity index (χ1n) is 7.10. The highest BCUT2D eigenvalue weighted by molar-refractivity contribution is 6.21. The van der Waals surface area contributed by atoms with E-state index in [4.69, 9.17) is 0 Å². The van der Waals surface area contributed by atoms with Gasteiger partial charge in [0.15, 0.2) is 5.78 Å². The fourth-order valence-electron chi connectivity index (χ4n) is 2.07. The lowest BCUT2D eigenvalue weighted by molar-refractivity contribution is -0.385. The number of nitro benzene ring substituents is 1. The molecule has 0 spiro atoms. The first kappa shape index (κ1) is 18.3. The minimum atomic E-state index is -0.669. The van der Waals surface area contributed by atoms with Crippen LogP contribution in [-0.2, 0) is 9.53 Å². The number of Topliss-reactive ketones (excluding diaryl/α,β-unsaturated/α-hetero) is 1. The van der Waals surface area contributed by atoms with Gasteiger partial charge in [-0.25, -0.2) is 4.79 Å². The average Bonchev–Trinajstić information content (AvgIpc) is 2.51. The van der Waals surface area contributed by atoms with E-state index < -0.39 is 10.9 Å². The Labute approximate surface area is 134 Å². The van der Waals surface area contributed by atoms with Gasteiger partial charge in [0.1, 0.15) is 0 Å². The number of allylic oxidation sites excluding steroid dienone is 1. The van der Waals surface area contributed by atoms with Gasteiger partial charge in [-0.1, -0.05) is 6.92 Å². The predicted octanol–water partition coefficient (Wildman–Crippen LogP) is 2.65. The van der Waals surface area contributed by atoms with E-state index in [1.807, 2.05) is 6.92 Å². The van der Waals surface area contributed by atoms with E-state index in [0.717, 1.165) is 6.07 Å². The van der Waals surface area contributed by atoms with E-state index in [1.165, 1.54) is 19.2 Å². The van der Waals surface area contributed by atoms with Crippen molar-refractivity contribution in [2.75, 3.05) is 21.2 Å². The van der Waals surface area contributed by atoms with Gasteiger partial charge in [0.05, 0.1) is 23.2 Å². The number of benzene rings is 1. The topological polar surface area (TPSA) is 89.8 Å². The molecule has 1 rings (SSSR count). The third-order valence-corrected chi connectivity index (χ3v) is 3.07. The van der Waals surface area contributed by atoms with Crippen molar-refractivity contribution in [1.29, 1.82) is 0 Å². The summed E-state index contributed by atoms with van der Waals surface area (Å²) < 4.78 is 4.57. The van der Waals surface area contributed by atoms with Crippen molar-refractivity contribution < 1.29 is 19.2 Å². The second-order valence-electron chi connectivity index (χ2n) is 5.16. The Kier molecular flexibility index (Phi) is 6.44. The zero-order valence-corrected chi connectivity index (χ0v) is 13.7. The molecule has 0 saturated carbocycles. The molecular weight excluding hydrogens is 300 g/mol. The van der Waals surface area contributed by atoms with Crippen LogP contribution in [0, 0.1) is 10.1 Å². The van der Waals surface area contributed by atoms with Crippen LogP contribution >= 0.6 is 0 Å². The molecule has 7 nitrogen and oxygen atoms in total. The Bertz CT molecular complexity index is 650. The Hall–Kier alpha value is -2.70. The van der Waals surface area contributed by atoms with Crippen LogP contribution in [0.25, 0.3) is 5.57 Å². The zero-order chi connectivity index (χ0) is 17.6. The molecule has 0 fully saturated rings. The van der Waals surface area contributed by atoms with Crippen molar-refractivity contribution in [3.63, 3.8) is 0 Å². The Morgan fingerprint density at radius 1 is 1.35 bits per heavy atom. The van der Waals surface area contributed by atoms with Crippen LogP contribution in [0.1, 0.15) is 35.7 Å². The summed E-state index contributed by atoms with van der Waals surface area (Å²) in [5, 5.41) is 11.4. The van der Waals surface area contributed by atoms with Crippen molar-refractivity contribution in [2.24, 2.45) is 0 Å². The molecule has 124 valence electrons. The van der Waals surface area contributed by atoms with Crippen LogP contribution in [0.4, 0.5) is 5.69 Å². The second kappa shape index (κ2) is 8.07. The van der Waals surface area contributed by atoms with Gasteiger partial charge in [-0.2, -0.15) is 0 Å². The molecule has 0 radical (unpaired) electrons. The maximum absolute atomic E-state index is 12.3. The van der Waals surface area contributed by atoms with Crippen LogP contribution in [0.2, 0.25) is 0 Å². The second-order valence-corrected chi connectivity index (χ2v) is 5.16. The lowest BCUT2D eigenvalue weighted by atomic mass is 9.96. The monoisotopic (exact) mass is 320 g/mol. The highest BCUT2D eigenvalue weighted by Crippen LogP contribution is 2.29. The number of carbonyl (C=O) groups excluding carboxylic acids is 2. The third kappa shape index (κ3) is 4.64. The predicted molar refractivity (Wildman–Crippen MR) is 86.0 cm³/mol. The molecule has 0 heterocycles. The molecule has 0 bridgehead atoms. The molecule has 7 heteroatoms. The summed E-state index contributed by atoms with van der Waals surface area (Å²) in [6, 6.07) is 3.95. The Morgan fingerprint density at radius 3 is 2.48 bits per heavy atom. The number of ketones is 1. The van der Waals surface area contributed by atoms with Gasteiger partial charge in [0, 0.05) is 38.4 Å². The van der Waals surface area contributed by atoms with E-state index in [-0.39, 0.29) is 34.6 Å². The quantitative estimate of drug-likeness (QED) is 0.332. The summed E-state index contributed by atoms with van der Waals surface area (Å²) in [4.78, 5) is 36.3. The Balaban J connectivity index is 3.50. The van der Waals surface area contributed by atoms with Gasteiger partial charge < -0.3 is 9.64 Å². The molecular formula is C16H20N2O5. The zero-order valence-electron chi connectivity index (χ0n) is 13.7. The number of esters is 1. The minimum absolute atomic E-state index is 0.0649. The van der Waals surface area contributed by atoms with E-state index in [1.54, 1.807) is 25.2 Å². The number of carbonyl (C=O) groups is 2. The SMILES string of the molecule is CCCC(=O)C(=CN(C)C)c1ccc(C(=O)OC)cc1[N+](=O)[O-]. The molecule has 0 aliphatic carbocycles. The van der Waals surface area contributed by atoms with Gasteiger partial charge in [0.25, 0.3) is 5.69 Å². The molecule has 0 saturated heterocycles. The lowest BCUT2D eigenvalue weighted by Gasteiger charge is -2.12. The van der Waals surface area contributed by atoms with E-state index in [0.29, 0.717) is 6.42 Å². The number of nitrogens with zero attached hydrogens (tertiary/aromatic N) is 2. The molecule has 0 amide bonds. The van der Waals surface area contributed by atoms with Gasteiger partial charge in [-0.05, 0) is 18.6 Å². The smallest absolute Gasteiger partial charge is 0.338 e. The van der Waals surface area contributed by atoms with E-state index in [9.17, 15) is 19.7 Å². The molecule has 1 aromatic rings. The summed E-state index contributed by atoms with van der Waals surface area (Å²) in [5.41, 5.74) is 0.204. The van der Waals surface area contributed by atoms with E-state index >= 15 is 0 Å². The van der Waals surface area contributed by atoms with Crippen LogP contribution in [0.15, 0.2) is 24.4 Å². The molecule has 0 aliphatic rings. The highest BCUT2D eigenvalue weighted by Gasteiger charge is 2.24. The van der Waals surface area contributed by atoms with Gasteiger partial charge >= 0.3 is 5.97 Å². The first-order valence-corrected chi connectivity index (χ1v) is 7.10. The molecule has 0 aromatic heterocycles. The maximum Gasteiger partial charge on any atom is 0.338 e. The molecule has 0 N–H and O–H groups in total. The van der Waals surface area contributed by atoms with Crippen LogP contribution in [0.5, 0.6) is 0 Å². The number of nitro groups is 1.